The molecule has 0 aliphatic carbocycles. The molecule has 0 heterocycles. The number of carboxylic acid groups (broad SMARTS) is 1. The van der Waals surface area contributed by atoms with Crippen LogP contribution in [-0.4, -0.2) is 30.2 Å². The molecule has 1 atom stereocenters. The summed E-state index contributed by atoms with van der Waals surface area (Å²) in [7, 11) is 1.62. The lowest BCUT2D eigenvalue weighted by Gasteiger charge is -2.12. The number of thioether (sulfide) groups is 1. The van der Waals surface area contributed by atoms with E-state index in [4.69, 9.17) is 4.74 Å². The van der Waals surface area contributed by atoms with Gasteiger partial charge in [-0.25, -0.2) is 0 Å². The minimum atomic E-state index is -0.709. The van der Waals surface area contributed by atoms with Crippen molar-refractivity contribution in [2.75, 3.05) is 19.1 Å². The van der Waals surface area contributed by atoms with E-state index in [0.717, 1.165) is 29.9 Å². The molecule has 0 fully saturated rings. The first-order valence-electron chi connectivity index (χ1n) is 6.02. The highest BCUT2D eigenvalue weighted by molar-refractivity contribution is 7.98. The van der Waals surface area contributed by atoms with E-state index in [1.54, 1.807) is 18.9 Å². The van der Waals surface area contributed by atoms with Gasteiger partial charge in [-0.15, -0.1) is 0 Å². The summed E-state index contributed by atoms with van der Waals surface area (Å²) in [5, 5.41) is 9.22. The molecule has 0 saturated heterocycles. The summed E-state index contributed by atoms with van der Waals surface area (Å²) < 4.78 is 5.14. The molecular weight excluding hydrogens is 248 g/mol. The SMILES string of the molecule is COc1cccc(CC(CCCSC)C(=O)O)c1. The number of ether oxygens (including phenoxy) is 1. The molecule has 0 saturated carbocycles. The van der Waals surface area contributed by atoms with Gasteiger partial charge in [-0.3, -0.25) is 4.79 Å². The summed E-state index contributed by atoms with van der Waals surface area (Å²) >= 11 is 1.75. The lowest BCUT2D eigenvalue weighted by atomic mass is 9.95. The fraction of sp³-hybridized carbons (Fsp3) is 0.500. The highest BCUT2D eigenvalue weighted by Crippen LogP contribution is 2.19. The minimum Gasteiger partial charge on any atom is -0.497 e. The first-order chi connectivity index (χ1) is 8.67. The first kappa shape index (κ1) is 14.9. The van der Waals surface area contributed by atoms with Crippen molar-refractivity contribution < 1.29 is 14.6 Å². The maximum Gasteiger partial charge on any atom is 0.306 e. The topological polar surface area (TPSA) is 46.5 Å². The zero-order valence-corrected chi connectivity index (χ0v) is 11.7. The average molecular weight is 268 g/mol. The predicted molar refractivity (Wildman–Crippen MR) is 75.4 cm³/mol. The second-order valence-corrected chi connectivity index (χ2v) is 5.21. The second-order valence-electron chi connectivity index (χ2n) is 4.23. The van der Waals surface area contributed by atoms with Crippen LogP contribution in [0.4, 0.5) is 0 Å². The lowest BCUT2D eigenvalue weighted by Crippen LogP contribution is -2.16. The maximum absolute atomic E-state index is 11.2. The molecule has 1 aromatic carbocycles. The summed E-state index contributed by atoms with van der Waals surface area (Å²) in [6.07, 6.45) is 4.29. The van der Waals surface area contributed by atoms with Crippen LogP contribution in [0.5, 0.6) is 5.75 Å². The molecule has 1 rings (SSSR count). The number of aliphatic carboxylic acids is 1. The van der Waals surface area contributed by atoms with Gasteiger partial charge < -0.3 is 9.84 Å². The Kier molecular flexibility index (Phi) is 6.65. The Labute approximate surface area is 113 Å². The number of rotatable bonds is 8. The van der Waals surface area contributed by atoms with Gasteiger partial charge >= 0.3 is 5.97 Å². The van der Waals surface area contributed by atoms with Gasteiger partial charge in [0.25, 0.3) is 0 Å². The number of carbonyl (C=O) groups is 1. The number of methoxy groups -OCH3 is 1. The second kappa shape index (κ2) is 8.03. The first-order valence-corrected chi connectivity index (χ1v) is 7.41. The van der Waals surface area contributed by atoms with Gasteiger partial charge in [-0.1, -0.05) is 12.1 Å². The maximum atomic E-state index is 11.2. The monoisotopic (exact) mass is 268 g/mol. The third-order valence-corrected chi connectivity index (χ3v) is 3.56. The van der Waals surface area contributed by atoms with Crippen LogP contribution in [0.25, 0.3) is 0 Å². The molecule has 0 bridgehead atoms. The summed E-state index contributed by atoms with van der Waals surface area (Å²) in [6, 6.07) is 7.62. The van der Waals surface area contributed by atoms with E-state index in [2.05, 4.69) is 0 Å². The molecule has 0 spiro atoms. The predicted octanol–water partition coefficient (Wildman–Crippen LogP) is 3.08. The van der Waals surface area contributed by atoms with Crippen molar-refractivity contribution in [2.24, 2.45) is 5.92 Å². The Morgan fingerprint density at radius 2 is 2.28 bits per heavy atom. The Morgan fingerprint density at radius 3 is 2.89 bits per heavy atom. The molecule has 1 aromatic rings. The fourth-order valence-corrected chi connectivity index (χ4v) is 2.33. The smallest absolute Gasteiger partial charge is 0.306 e. The highest BCUT2D eigenvalue weighted by Gasteiger charge is 2.17. The van der Waals surface area contributed by atoms with Crippen molar-refractivity contribution >= 4 is 17.7 Å². The van der Waals surface area contributed by atoms with Crippen molar-refractivity contribution in [2.45, 2.75) is 19.3 Å². The highest BCUT2D eigenvalue weighted by atomic mass is 32.2. The quantitative estimate of drug-likeness (QED) is 0.736. The van der Waals surface area contributed by atoms with E-state index < -0.39 is 5.97 Å². The molecule has 1 unspecified atom stereocenters. The van der Waals surface area contributed by atoms with Gasteiger partial charge in [-0.2, -0.15) is 11.8 Å². The van der Waals surface area contributed by atoms with Crippen LogP contribution in [-0.2, 0) is 11.2 Å². The van der Waals surface area contributed by atoms with Gasteiger partial charge in [0.05, 0.1) is 13.0 Å². The van der Waals surface area contributed by atoms with E-state index in [1.807, 2.05) is 30.5 Å². The van der Waals surface area contributed by atoms with Crippen LogP contribution >= 0.6 is 11.8 Å². The number of hydrogen-bond donors (Lipinski definition) is 1. The average Bonchev–Trinajstić information content (AvgIpc) is 2.38. The Bertz CT molecular complexity index is 379. The van der Waals surface area contributed by atoms with Crippen molar-refractivity contribution in [1.29, 1.82) is 0 Å². The third kappa shape index (κ3) is 5.00. The van der Waals surface area contributed by atoms with Crippen LogP contribution in [0.15, 0.2) is 24.3 Å². The van der Waals surface area contributed by atoms with Crippen molar-refractivity contribution in [1.82, 2.24) is 0 Å². The summed E-state index contributed by atoms with van der Waals surface area (Å²) in [6.45, 7) is 0. The largest absolute Gasteiger partial charge is 0.497 e. The van der Waals surface area contributed by atoms with E-state index in [1.165, 1.54) is 0 Å². The molecule has 1 N–H and O–H groups in total. The van der Waals surface area contributed by atoms with E-state index in [9.17, 15) is 9.90 Å². The zero-order chi connectivity index (χ0) is 13.4. The summed E-state index contributed by atoms with van der Waals surface area (Å²) in [5.74, 6) is 0.783. The molecular formula is C14H20O3S. The number of benzene rings is 1. The van der Waals surface area contributed by atoms with Gasteiger partial charge in [0.15, 0.2) is 0 Å². The van der Waals surface area contributed by atoms with Gasteiger partial charge in [0, 0.05) is 0 Å². The standard InChI is InChI=1S/C14H20O3S/c1-17-13-7-3-5-11(10-13)9-12(14(15)16)6-4-8-18-2/h3,5,7,10,12H,4,6,8-9H2,1-2H3,(H,15,16). The molecule has 0 aliphatic rings. The van der Waals surface area contributed by atoms with Gasteiger partial charge in [-0.05, 0) is 49.0 Å². The normalized spacial score (nSPS) is 12.1. The molecule has 18 heavy (non-hydrogen) atoms. The number of carboxylic acids is 1. The minimum absolute atomic E-state index is 0.302. The zero-order valence-electron chi connectivity index (χ0n) is 10.9. The Morgan fingerprint density at radius 1 is 1.50 bits per heavy atom. The summed E-state index contributed by atoms with van der Waals surface area (Å²) in [5.41, 5.74) is 1.02. The molecule has 100 valence electrons. The third-order valence-electron chi connectivity index (χ3n) is 2.87. The van der Waals surface area contributed by atoms with Crippen molar-refractivity contribution in [3.05, 3.63) is 29.8 Å². The Hall–Kier alpha value is -1.16. The molecule has 0 aliphatic heterocycles. The van der Waals surface area contributed by atoms with Crippen LogP contribution in [0, 0.1) is 5.92 Å². The lowest BCUT2D eigenvalue weighted by molar-refractivity contribution is -0.141. The van der Waals surface area contributed by atoms with Crippen LogP contribution < -0.4 is 4.74 Å². The molecule has 0 amide bonds. The van der Waals surface area contributed by atoms with Crippen LogP contribution in [0.2, 0.25) is 0 Å². The summed E-state index contributed by atoms with van der Waals surface area (Å²) in [4.78, 5) is 11.2. The molecule has 0 radical (unpaired) electrons. The van der Waals surface area contributed by atoms with Crippen molar-refractivity contribution in [3.63, 3.8) is 0 Å². The van der Waals surface area contributed by atoms with Crippen LogP contribution in [0.3, 0.4) is 0 Å². The van der Waals surface area contributed by atoms with E-state index in [-0.39, 0.29) is 5.92 Å². The fourth-order valence-electron chi connectivity index (χ4n) is 1.87. The Balaban J connectivity index is 2.61. The van der Waals surface area contributed by atoms with E-state index >= 15 is 0 Å². The van der Waals surface area contributed by atoms with Gasteiger partial charge in [0.2, 0.25) is 0 Å². The number of hydrogen-bond acceptors (Lipinski definition) is 3. The van der Waals surface area contributed by atoms with Crippen LogP contribution in [0.1, 0.15) is 18.4 Å². The van der Waals surface area contributed by atoms with E-state index in [0.29, 0.717) is 6.42 Å². The molecule has 3 nitrogen and oxygen atoms in total. The van der Waals surface area contributed by atoms with Gasteiger partial charge in [0.1, 0.15) is 5.75 Å². The van der Waals surface area contributed by atoms with Crippen molar-refractivity contribution in [3.8, 4) is 5.75 Å². The molecule has 4 heteroatoms. The molecule has 0 aromatic heterocycles.